The zero-order chi connectivity index (χ0) is 12.4. The normalized spacial score (nSPS) is 12.9. The molecule has 4 nitrogen and oxygen atoms in total. The molecular weight excluding hydrogens is 234 g/mol. The van der Waals surface area contributed by atoms with Gasteiger partial charge in [0.2, 0.25) is 0 Å². The van der Waals surface area contributed by atoms with Crippen molar-refractivity contribution in [1.82, 2.24) is 9.97 Å². The summed E-state index contributed by atoms with van der Waals surface area (Å²) in [7, 11) is 3.63. The summed E-state index contributed by atoms with van der Waals surface area (Å²) in [6, 6.07) is 0. The molecule has 0 aromatic carbocycles. The summed E-state index contributed by atoms with van der Waals surface area (Å²) < 4.78 is 5.54. The minimum Gasteiger partial charge on any atom is -0.387 e. The first kappa shape index (κ1) is 12.3. The molecule has 2 aromatic rings. The van der Waals surface area contributed by atoms with E-state index in [-0.39, 0.29) is 6.10 Å². The molecule has 0 bridgehead atoms. The highest BCUT2D eigenvalue weighted by Gasteiger charge is 2.19. The average Bonchev–Trinajstić information content (AvgIpc) is 2.71. The second-order valence-corrected chi connectivity index (χ2v) is 5.04. The van der Waals surface area contributed by atoms with E-state index in [9.17, 15) is 0 Å². The number of aromatic nitrogens is 2. The Balaban J connectivity index is 2.69. The number of anilines is 1. The van der Waals surface area contributed by atoms with Gasteiger partial charge in [0.25, 0.3) is 0 Å². The van der Waals surface area contributed by atoms with Crippen molar-refractivity contribution in [3.63, 3.8) is 0 Å². The molecule has 17 heavy (non-hydrogen) atoms. The second-order valence-electron chi connectivity index (χ2n) is 3.85. The molecule has 1 unspecified atom stereocenters. The highest BCUT2D eigenvalue weighted by molar-refractivity contribution is 7.18. The van der Waals surface area contributed by atoms with Crippen LogP contribution in [0.15, 0.2) is 6.20 Å². The lowest BCUT2D eigenvalue weighted by molar-refractivity contribution is 0.102. The third kappa shape index (κ3) is 2.12. The second kappa shape index (κ2) is 4.98. The number of fused-ring (bicyclic) bond motifs is 1. The first-order valence-corrected chi connectivity index (χ1v) is 6.49. The lowest BCUT2D eigenvalue weighted by atomic mass is 10.1. The number of methoxy groups -OCH3 is 1. The molecule has 2 aromatic heterocycles. The molecule has 2 rings (SSSR count). The first-order chi connectivity index (χ1) is 8.21. The van der Waals surface area contributed by atoms with Crippen LogP contribution < -0.4 is 5.32 Å². The average molecular weight is 251 g/mol. The van der Waals surface area contributed by atoms with Crippen LogP contribution in [0.5, 0.6) is 0 Å². The monoisotopic (exact) mass is 251 g/mol. The van der Waals surface area contributed by atoms with Gasteiger partial charge in [-0.15, -0.1) is 0 Å². The number of ether oxygens (including phenoxy) is 1. The summed E-state index contributed by atoms with van der Waals surface area (Å²) in [5.41, 5.74) is 3.08. The van der Waals surface area contributed by atoms with Crippen LogP contribution in [0, 0.1) is 6.92 Å². The van der Waals surface area contributed by atoms with E-state index in [0.29, 0.717) is 0 Å². The topological polar surface area (TPSA) is 47.0 Å². The van der Waals surface area contributed by atoms with Crippen LogP contribution in [0.3, 0.4) is 0 Å². The van der Waals surface area contributed by atoms with Gasteiger partial charge in [-0.05, 0) is 13.3 Å². The van der Waals surface area contributed by atoms with Crippen molar-refractivity contribution >= 4 is 27.4 Å². The SMILES string of the molecule is CCC(OC)c1c(NC)cnc2sc(C)nc12. The number of nitrogens with zero attached hydrogens (tertiary/aromatic N) is 2. The third-order valence-corrected chi connectivity index (χ3v) is 3.70. The molecule has 1 N–H and O–H groups in total. The van der Waals surface area contributed by atoms with Gasteiger partial charge in [0.1, 0.15) is 10.3 Å². The molecule has 1 atom stereocenters. The molecule has 0 radical (unpaired) electrons. The molecule has 0 spiro atoms. The molecule has 0 aliphatic heterocycles. The largest absolute Gasteiger partial charge is 0.387 e. The minimum absolute atomic E-state index is 0.0597. The number of hydrogen-bond donors (Lipinski definition) is 1. The Labute approximate surface area is 105 Å². The molecular formula is C12H17N3OS. The van der Waals surface area contributed by atoms with Crippen molar-refractivity contribution in [3.8, 4) is 0 Å². The summed E-state index contributed by atoms with van der Waals surface area (Å²) in [5.74, 6) is 0. The molecule has 2 heterocycles. The number of nitrogens with one attached hydrogen (secondary N) is 1. The fraction of sp³-hybridized carbons (Fsp3) is 0.500. The van der Waals surface area contributed by atoms with E-state index in [1.165, 1.54) is 0 Å². The van der Waals surface area contributed by atoms with Crippen molar-refractivity contribution in [2.24, 2.45) is 0 Å². The summed E-state index contributed by atoms with van der Waals surface area (Å²) in [6.45, 7) is 4.11. The Kier molecular flexibility index (Phi) is 3.59. The lowest BCUT2D eigenvalue weighted by Gasteiger charge is -2.17. The van der Waals surface area contributed by atoms with Gasteiger partial charge in [-0.2, -0.15) is 0 Å². The molecule has 0 aliphatic carbocycles. The molecule has 92 valence electrons. The van der Waals surface area contributed by atoms with Crippen LogP contribution in [0.4, 0.5) is 5.69 Å². The van der Waals surface area contributed by atoms with Crippen LogP contribution in [-0.2, 0) is 4.74 Å². The van der Waals surface area contributed by atoms with E-state index >= 15 is 0 Å². The van der Waals surface area contributed by atoms with E-state index in [1.54, 1.807) is 18.4 Å². The minimum atomic E-state index is 0.0597. The first-order valence-electron chi connectivity index (χ1n) is 5.67. The van der Waals surface area contributed by atoms with Gasteiger partial charge < -0.3 is 10.1 Å². The maximum Gasteiger partial charge on any atom is 0.143 e. The van der Waals surface area contributed by atoms with Crippen molar-refractivity contribution in [1.29, 1.82) is 0 Å². The van der Waals surface area contributed by atoms with Gasteiger partial charge >= 0.3 is 0 Å². The fourth-order valence-electron chi connectivity index (χ4n) is 2.01. The van der Waals surface area contributed by atoms with Gasteiger partial charge in [-0.3, -0.25) is 0 Å². The standard InChI is InChI=1S/C12H17N3OS/c1-5-9(16-4)10-8(13-3)6-14-12-11(10)15-7(2)17-12/h6,9,13H,5H2,1-4H3. The number of rotatable bonds is 4. The van der Waals surface area contributed by atoms with Crippen molar-refractivity contribution in [2.75, 3.05) is 19.5 Å². The Hall–Kier alpha value is -1.20. The Bertz CT molecular complexity index is 520. The highest BCUT2D eigenvalue weighted by Crippen LogP contribution is 2.34. The Morgan fingerprint density at radius 3 is 2.88 bits per heavy atom. The Morgan fingerprint density at radius 1 is 1.53 bits per heavy atom. The number of hydrogen-bond acceptors (Lipinski definition) is 5. The quantitative estimate of drug-likeness (QED) is 0.906. The van der Waals surface area contributed by atoms with Gasteiger partial charge in [0, 0.05) is 19.7 Å². The van der Waals surface area contributed by atoms with E-state index < -0.39 is 0 Å². The lowest BCUT2D eigenvalue weighted by Crippen LogP contribution is -2.06. The van der Waals surface area contributed by atoms with E-state index in [2.05, 4.69) is 22.2 Å². The number of pyridine rings is 1. The maximum atomic E-state index is 5.54. The van der Waals surface area contributed by atoms with Crippen molar-refractivity contribution < 1.29 is 4.74 Å². The summed E-state index contributed by atoms with van der Waals surface area (Å²) in [5, 5.41) is 4.20. The molecule has 0 saturated carbocycles. The van der Waals surface area contributed by atoms with Crippen molar-refractivity contribution in [3.05, 3.63) is 16.8 Å². The van der Waals surface area contributed by atoms with Crippen LogP contribution in [-0.4, -0.2) is 24.1 Å². The molecule has 0 amide bonds. The van der Waals surface area contributed by atoms with Crippen LogP contribution in [0.25, 0.3) is 10.3 Å². The smallest absolute Gasteiger partial charge is 0.143 e. The summed E-state index contributed by atoms with van der Waals surface area (Å²) in [6.07, 6.45) is 2.84. The molecule has 0 saturated heterocycles. The molecule has 5 heteroatoms. The summed E-state index contributed by atoms with van der Waals surface area (Å²) in [4.78, 5) is 9.98. The number of thiazole rings is 1. The highest BCUT2D eigenvalue weighted by atomic mass is 32.1. The third-order valence-electron chi connectivity index (χ3n) is 2.82. The van der Waals surface area contributed by atoms with E-state index in [4.69, 9.17) is 4.74 Å². The van der Waals surface area contributed by atoms with Crippen LogP contribution in [0.1, 0.15) is 30.0 Å². The predicted molar refractivity (Wildman–Crippen MR) is 71.7 cm³/mol. The predicted octanol–water partition coefficient (Wildman–Crippen LogP) is 3.14. The Morgan fingerprint density at radius 2 is 2.29 bits per heavy atom. The zero-order valence-corrected chi connectivity index (χ0v) is 11.4. The fourth-order valence-corrected chi connectivity index (χ4v) is 2.79. The van der Waals surface area contributed by atoms with Gasteiger partial charge in [-0.25, -0.2) is 9.97 Å². The number of aryl methyl sites for hydroxylation is 1. The van der Waals surface area contributed by atoms with Gasteiger partial charge in [0.05, 0.1) is 23.0 Å². The van der Waals surface area contributed by atoms with Gasteiger partial charge in [-0.1, -0.05) is 18.3 Å². The summed E-state index contributed by atoms with van der Waals surface area (Å²) >= 11 is 1.62. The van der Waals surface area contributed by atoms with Crippen LogP contribution in [0.2, 0.25) is 0 Å². The van der Waals surface area contributed by atoms with E-state index in [1.807, 2.05) is 20.2 Å². The zero-order valence-electron chi connectivity index (χ0n) is 10.6. The van der Waals surface area contributed by atoms with Gasteiger partial charge in [0.15, 0.2) is 0 Å². The molecule has 0 aliphatic rings. The van der Waals surface area contributed by atoms with Crippen LogP contribution >= 0.6 is 11.3 Å². The molecule has 0 fully saturated rings. The van der Waals surface area contributed by atoms with Crippen molar-refractivity contribution in [2.45, 2.75) is 26.4 Å². The maximum absolute atomic E-state index is 5.54. The van der Waals surface area contributed by atoms with E-state index in [0.717, 1.165) is 33.0 Å².